The van der Waals surface area contributed by atoms with Gasteiger partial charge < -0.3 is 15.8 Å². The number of carbonyl (C=O) groups is 2. The highest BCUT2D eigenvalue weighted by atomic mass is 16.6. The maximum Gasteiger partial charge on any atom is 0.412 e. The maximum atomic E-state index is 12.1. The highest BCUT2D eigenvalue weighted by Crippen LogP contribution is 2.13. The maximum absolute atomic E-state index is 12.1. The topological polar surface area (TPSA) is 93.5 Å². The SMILES string of the molecule is CC(C)(C)OC(=O)Nc1ccc(CNC(=O)C[C@@H](N)Cc2ccccc2)cc1. The van der Waals surface area contributed by atoms with Crippen molar-refractivity contribution in [3.8, 4) is 0 Å². The third kappa shape index (κ3) is 8.22. The van der Waals surface area contributed by atoms with Crippen molar-refractivity contribution in [2.45, 2.75) is 51.8 Å². The number of nitrogens with one attached hydrogen (secondary N) is 2. The Bertz CT molecular complexity index is 768. The molecule has 0 aliphatic heterocycles. The highest BCUT2D eigenvalue weighted by molar-refractivity contribution is 5.84. The number of carbonyl (C=O) groups excluding carboxylic acids is 2. The predicted octanol–water partition coefficient (Wildman–Crippen LogP) is 3.61. The molecule has 0 spiro atoms. The van der Waals surface area contributed by atoms with Crippen molar-refractivity contribution in [3.63, 3.8) is 0 Å². The minimum Gasteiger partial charge on any atom is -0.444 e. The Morgan fingerprint density at radius 2 is 1.64 bits per heavy atom. The van der Waals surface area contributed by atoms with Gasteiger partial charge in [0.2, 0.25) is 5.91 Å². The van der Waals surface area contributed by atoms with Crippen LogP contribution in [0.1, 0.15) is 38.3 Å². The lowest BCUT2D eigenvalue weighted by Crippen LogP contribution is -2.32. The van der Waals surface area contributed by atoms with Crippen LogP contribution >= 0.6 is 0 Å². The largest absolute Gasteiger partial charge is 0.444 e. The Morgan fingerprint density at radius 3 is 2.25 bits per heavy atom. The second-order valence-corrected chi connectivity index (χ2v) is 7.75. The van der Waals surface area contributed by atoms with Crippen LogP contribution in [0.5, 0.6) is 0 Å². The van der Waals surface area contributed by atoms with Gasteiger partial charge in [-0.3, -0.25) is 10.1 Å². The van der Waals surface area contributed by atoms with E-state index >= 15 is 0 Å². The van der Waals surface area contributed by atoms with Gasteiger partial charge in [0.05, 0.1) is 0 Å². The zero-order valence-electron chi connectivity index (χ0n) is 16.7. The van der Waals surface area contributed by atoms with Crippen molar-refractivity contribution in [1.82, 2.24) is 5.32 Å². The van der Waals surface area contributed by atoms with Crippen LogP contribution in [-0.2, 0) is 22.5 Å². The summed E-state index contributed by atoms with van der Waals surface area (Å²) in [6.45, 7) is 5.84. The summed E-state index contributed by atoms with van der Waals surface area (Å²) in [7, 11) is 0. The zero-order chi connectivity index (χ0) is 20.6. The van der Waals surface area contributed by atoms with Crippen LogP contribution < -0.4 is 16.4 Å². The second-order valence-electron chi connectivity index (χ2n) is 7.75. The molecular weight excluding hydrogens is 354 g/mol. The molecule has 150 valence electrons. The molecule has 6 heteroatoms. The van der Waals surface area contributed by atoms with Crippen LogP contribution in [0.25, 0.3) is 0 Å². The fourth-order valence-electron chi connectivity index (χ4n) is 2.63. The molecule has 2 aromatic rings. The number of amides is 2. The second kappa shape index (κ2) is 9.90. The van der Waals surface area contributed by atoms with Gasteiger partial charge >= 0.3 is 6.09 Å². The van der Waals surface area contributed by atoms with Crippen molar-refractivity contribution in [2.24, 2.45) is 5.73 Å². The predicted molar refractivity (Wildman–Crippen MR) is 111 cm³/mol. The summed E-state index contributed by atoms with van der Waals surface area (Å²) in [5.74, 6) is -0.0839. The molecule has 2 amide bonds. The molecule has 0 aliphatic rings. The van der Waals surface area contributed by atoms with Gasteiger partial charge in [-0.15, -0.1) is 0 Å². The summed E-state index contributed by atoms with van der Waals surface area (Å²) in [5, 5.41) is 5.55. The minimum atomic E-state index is -0.546. The molecule has 0 saturated heterocycles. The van der Waals surface area contributed by atoms with Crippen molar-refractivity contribution < 1.29 is 14.3 Å². The Labute approximate surface area is 166 Å². The fraction of sp³-hybridized carbons (Fsp3) is 0.364. The van der Waals surface area contributed by atoms with E-state index in [9.17, 15) is 9.59 Å². The lowest BCUT2D eigenvalue weighted by atomic mass is 10.0. The number of hydrogen-bond donors (Lipinski definition) is 3. The fourth-order valence-corrected chi connectivity index (χ4v) is 2.63. The van der Waals surface area contributed by atoms with E-state index in [1.54, 1.807) is 12.1 Å². The molecule has 0 aliphatic carbocycles. The molecule has 1 atom stereocenters. The normalized spacial score (nSPS) is 12.1. The average Bonchev–Trinajstić information content (AvgIpc) is 2.60. The van der Waals surface area contributed by atoms with Crippen LogP contribution in [0.2, 0.25) is 0 Å². The summed E-state index contributed by atoms with van der Waals surface area (Å²) in [4.78, 5) is 23.9. The standard InChI is InChI=1S/C22H29N3O3/c1-22(2,3)28-21(27)25-19-11-9-17(10-12-19)15-24-20(26)14-18(23)13-16-7-5-4-6-8-16/h4-12,18H,13-15,23H2,1-3H3,(H,24,26)(H,25,27)/t18-/m0/s1. The van der Waals surface area contributed by atoms with Crippen LogP contribution in [0.4, 0.5) is 10.5 Å². The Hall–Kier alpha value is -2.86. The van der Waals surface area contributed by atoms with Crippen LogP contribution in [-0.4, -0.2) is 23.6 Å². The van der Waals surface area contributed by atoms with Crippen molar-refractivity contribution >= 4 is 17.7 Å². The molecule has 6 nitrogen and oxygen atoms in total. The number of ether oxygens (including phenoxy) is 1. The van der Waals surface area contributed by atoms with Crippen LogP contribution in [0.15, 0.2) is 54.6 Å². The molecule has 0 unspecified atom stereocenters. The molecule has 0 heterocycles. The number of anilines is 1. The first-order valence-corrected chi connectivity index (χ1v) is 9.36. The van der Waals surface area contributed by atoms with Crippen molar-refractivity contribution in [2.75, 3.05) is 5.32 Å². The quantitative estimate of drug-likeness (QED) is 0.681. The molecule has 0 saturated carbocycles. The molecule has 0 fully saturated rings. The van der Waals surface area contributed by atoms with Crippen molar-refractivity contribution in [1.29, 1.82) is 0 Å². The third-order valence-electron chi connectivity index (χ3n) is 3.88. The van der Waals surface area contributed by atoms with Gasteiger partial charge in [-0.25, -0.2) is 4.79 Å². The van der Waals surface area contributed by atoms with E-state index in [1.165, 1.54) is 0 Å². The van der Waals surface area contributed by atoms with E-state index in [4.69, 9.17) is 10.5 Å². The molecule has 0 radical (unpaired) electrons. The summed E-state index contributed by atoms with van der Waals surface area (Å²) < 4.78 is 5.21. The summed E-state index contributed by atoms with van der Waals surface area (Å²) in [6.07, 6.45) is 0.438. The lowest BCUT2D eigenvalue weighted by Gasteiger charge is -2.19. The molecular formula is C22H29N3O3. The highest BCUT2D eigenvalue weighted by Gasteiger charge is 2.16. The molecule has 4 N–H and O–H groups in total. The molecule has 2 rings (SSSR count). The molecule has 0 aromatic heterocycles. The van der Waals surface area contributed by atoms with Gasteiger partial charge in [0.15, 0.2) is 0 Å². The Kier molecular flexibility index (Phi) is 7.58. The number of hydrogen-bond acceptors (Lipinski definition) is 4. The van der Waals surface area contributed by atoms with E-state index in [2.05, 4.69) is 10.6 Å². The first kappa shape index (κ1) is 21.4. The summed E-state index contributed by atoms with van der Waals surface area (Å²) >= 11 is 0. The van der Waals surface area contributed by atoms with Gasteiger partial charge in [0, 0.05) is 24.7 Å². The number of nitrogens with two attached hydrogens (primary N) is 1. The van der Waals surface area contributed by atoms with E-state index in [-0.39, 0.29) is 18.4 Å². The van der Waals surface area contributed by atoms with Gasteiger partial charge in [-0.05, 0) is 50.5 Å². The zero-order valence-corrected chi connectivity index (χ0v) is 16.7. The van der Waals surface area contributed by atoms with E-state index in [0.29, 0.717) is 18.7 Å². The number of benzene rings is 2. The third-order valence-corrected chi connectivity index (χ3v) is 3.88. The molecule has 28 heavy (non-hydrogen) atoms. The Balaban J connectivity index is 1.74. The average molecular weight is 383 g/mol. The van der Waals surface area contributed by atoms with E-state index in [0.717, 1.165) is 11.1 Å². The van der Waals surface area contributed by atoms with Crippen LogP contribution in [0, 0.1) is 0 Å². The van der Waals surface area contributed by atoms with Gasteiger partial charge in [-0.1, -0.05) is 42.5 Å². The van der Waals surface area contributed by atoms with Gasteiger partial charge in [-0.2, -0.15) is 0 Å². The van der Waals surface area contributed by atoms with Gasteiger partial charge in [0.25, 0.3) is 0 Å². The first-order chi connectivity index (χ1) is 13.2. The smallest absolute Gasteiger partial charge is 0.412 e. The van der Waals surface area contributed by atoms with E-state index in [1.807, 2.05) is 63.2 Å². The summed E-state index contributed by atoms with van der Waals surface area (Å²) in [5.41, 5.74) is 8.21. The van der Waals surface area contributed by atoms with Gasteiger partial charge in [0.1, 0.15) is 5.60 Å². The molecule has 0 bridgehead atoms. The first-order valence-electron chi connectivity index (χ1n) is 9.36. The van der Waals surface area contributed by atoms with E-state index < -0.39 is 11.7 Å². The number of rotatable bonds is 7. The molecule has 2 aromatic carbocycles. The Morgan fingerprint density at radius 1 is 1.00 bits per heavy atom. The minimum absolute atomic E-state index is 0.0839. The lowest BCUT2D eigenvalue weighted by molar-refractivity contribution is -0.121. The van der Waals surface area contributed by atoms with Crippen LogP contribution in [0.3, 0.4) is 0 Å². The summed E-state index contributed by atoms with van der Waals surface area (Å²) in [6, 6.07) is 16.9. The van der Waals surface area contributed by atoms with Crippen molar-refractivity contribution in [3.05, 3.63) is 65.7 Å². The monoisotopic (exact) mass is 383 g/mol.